The molecule has 3 N–H and O–H groups in total. The molecule has 0 saturated heterocycles. The van der Waals surface area contributed by atoms with Crippen molar-refractivity contribution in [1.82, 2.24) is 15.2 Å². The zero-order valence-electron chi connectivity index (χ0n) is 10.3. The molecule has 3 rings (SSSR count). The van der Waals surface area contributed by atoms with Gasteiger partial charge in [0.1, 0.15) is 5.75 Å². The lowest BCUT2D eigenvalue weighted by molar-refractivity contribution is 0.357. The van der Waals surface area contributed by atoms with E-state index >= 15 is 0 Å². The highest BCUT2D eigenvalue weighted by Crippen LogP contribution is 2.30. The fourth-order valence-electron chi connectivity index (χ4n) is 2.36. The Morgan fingerprint density at radius 2 is 2.33 bits per heavy atom. The normalized spacial score (nSPS) is 15.2. The maximum absolute atomic E-state index is 5.67. The Balaban J connectivity index is 1.96. The van der Waals surface area contributed by atoms with E-state index in [1.54, 1.807) is 4.68 Å². The van der Waals surface area contributed by atoms with E-state index in [0.717, 1.165) is 29.9 Å². The lowest BCUT2D eigenvalue weighted by Gasteiger charge is -2.15. The van der Waals surface area contributed by atoms with Gasteiger partial charge >= 0.3 is 0 Å². The van der Waals surface area contributed by atoms with Gasteiger partial charge in [-0.1, -0.05) is 12.1 Å². The van der Waals surface area contributed by atoms with Crippen LogP contribution in [0.15, 0.2) is 30.6 Å². The molecule has 0 amide bonds. The van der Waals surface area contributed by atoms with Crippen LogP contribution in [0.25, 0.3) is 0 Å². The zero-order valence-corrected chi connectivity index (χ0v) is 10.3. The van der Waals surface area contributed by atoms with E-state index in [0.29, 0.717) is 0 Å². The van der Waals surface area contributed by atoms with Gasteiger partial charge in [0.15, 0.2) is 0 Å². The number of nitrogens with two attached hydrogens (primary N) is 1. The summed E-state index contributed by atoms with van der Waals surface area (Å²) in [6.45, 7) is 0.770. The quantitative estimate of drug-likeness (QED) is 0.622. The third kappa shape index (κ3) is 1.87. The molecule has 0 aliphatic carbocycles. The van der Waals surface area contributed by atoms with Crippen molar-refractivity contribution in [3.8, 4) is 5.75 Å². The number of fused-ring (bicyclic) bond motifs is 1. The van der Waals surface area contributed by atoms with E-state index in [-0.39, 0.29) is 6.04 Å². The monoisotopic (exact) mass is 244 g/mol. The average molecular weight is 244 g/mol. The Morgan fingerprint density at radius 1 is 1.44 bits per heavy atom. The molecule has 0 saturated carbocycles. The van der Waals surface area contributed by atoms with Crippen LogP contribution in [0, 0.1) is 0 Å². The summed E-state index contributed by atoms with van der Waals surface area (Å²) in [6.07, 6.45) is 4.76. The summed E-state index contributed by atoms with van der Waals surface area (Å²) >= 11 is 0. The molecule has 1 aliphatic rings. The molecule has 5 nitrogen and oxygen atoms in total. The van der Waals surface area contributed by atoms with Crippen LogP contribution >= 0.6 is 0 Å². The molecule has 18 heavy (non-hydrogen) atoms. The van der Waals surface area contributed by atoms with E-state index in [2.05, 4.69) is 16.6 Å². The number of ether oxygens (including phenoxy) is 1. The van der Waals surface area contributed by atoms with E-state index in [4.69, 9.17) is 10.6 Å². The van der Waals surface area contributed by atoms with Crippen LogP contribution in [0.4, 0.5) is 0 Å². The van der Waals surface area contributed by atoms with Crippen molar-refractivity contribution in [2.75, 3.05) is 6.61 Å². The fourth-order valence-corrected chi connectivity index (χ4v) is 2.36. The predicted molar refractivity (Wildman–Crippen MR) is 68.0 cm³/mol. The highest BCUT2D eigenvalue weighted by Gasteiger charge is 2.18. The van der Waals surface area contributed by atoms with Gasteiger partial charge in [-0.15, -0.1) is 0 Å². The topological polar surface area (TPSA) is 65.1 Å². The van der Waals surface area contributed by atoms with Gasteiger partial charge in [-0.3, -0.25) is 10.5 Å². The van der Waals surface area contributed by atoms with Crippen molar-refractivity contribution in [2.24, 2.45) is 12.9 Å². The molecular weight excluding hydrogens is 228 g/mol. The Hall–Kier alpha value is -1.85. The fraction of sp³-hybridized carbons (Fsp3) is 0.308. The summed E-state index contributed by atoms with van der Waals surface area (Å²) in [5.74, 6) is 6.66. The summed E-state index contributed by atoms with van der Waals surface area (Å²) in [6, 6.07) is 6.17. The maximum atomic E-state index is 5.67. The second-order valence-corrected chi connectivity index (χ2v) is 4.51. The number of benzene rings is 1. The number of aryl methyl sites for hydroxylation is 1. The molecule has 1 aliphatic heterocycles. The molecule has 94 valence electrons. The molecule has 1 unspecified atom stereocenters. The zero-order chi connectivity index (χ0) is 12.5. The van der Waals surface area contributed by atoms with E-state index in [9.17, 15) is 0 Å². The molecule has 0 bridgehead atoms. The highest BCUT2D eigenvalue weighted by molar-refractivity contribution is 5.42. The smallest absolute Gasteiger partial charge is 0.122 e. The van der Waals surface area contributed by atoms with Gasteiger partial charge in [0.25, 0.3) is 0 Å². The number of hydrogen-bond donors (Lipinski definition) is 2. The second kappa shape index (κ2) is 4.44. The Labute approximate surface area is 106 Å². The first kappa shape index (κ1) is 11.3. The summed E-state index contributed by atoms with van der Waals surface area (Å²) in [4.78, 5) is 0. The lowest BCUT2D eigenvalue weighted by Crippen LogP contribution is -2.28. The largest absolute Gasteiger partial charge is 0.493 e. The van der Waals surface area contributed by atoms with Gasteiger partial charge in [0, 0.05) is 25.2 Å². The van der Waals surface area contributed by atoms with Crippen molar-refractivity contribution in [1.29, 1.82) is 0 Å². The molecular formula is C13H16N4O. The predicted octanol–water partition coefficient (Wildman–Crippen LogP) is 0.908. The summed E-state index contributed by atoms with van der Waals surface area (Å²) in [5, 5.41) is 4.18. The van der Waals surface area contributed by atoms with E-state index < -0.39 is 0 Å². The van der Waals surface area contributed by atoms with Gasteiger partial charge < -0.3 is 4.74 Å². The maximum Gasteiger partial charge on any atom is 0.122 e. The molecule has 0 fully saturated rings. The van der Waals surface area contributed by atoms with Gasteiger partial charge in [-0.2, -0.15) is 5.10 Å². The molecule has 1 aromatic carbocycles. The van der Waals surface area contributed by atoms with Crippen LogP contribution in [0.2, 0.25) is 0 Å². The van der Waals surface area contributed by atoms with Crippen molar-refractivity contribution in [2.45, 2.75) is 12.5 Å². The minimum Gasteiger partial charge on any atom is -0.493 e. The minimum atomic E-state index is -0.0374. The Kier molecular flexibility index (Phi) is 2.77. The van der Waals surface area contributed by atoms with Crippen molar-refractivity contribution >= 4 is 0 Å². The van der Waals surface area contributed by atoms with Crippen LogP contribution in [-0.4, -0.2) is 16.4 Å². The van der Waals surface area contributed by atoms with Crippen molar-refractivity contribution < 1.29 is 4.74 Å². The number of rotatable bonds is 3. The third-order valence-electron chi connectivity index (χ3n) is 3.27. The van der Waals surface area contributed by atoms with Gasteiger partial charge in [0.2, 0.25) is 0 Å². The molecule has 2 heterocycles. The van der Waals surface area contributed by atoms with Gasteiger partial charge in [-0.05, 0) is 17.2 Å². The molecule has 5 heteroatoms. The van der Waals surface area contributed by atoms with Crippen LogP contribution in [-0.2, 0) is 13.5 Å². The molecule has 1 aromatic heterocycles. The number of aromatic nitrogens is 2. The van der Waals surface area contributed by atoms with Gasteiger partial charge in [-0.25, -0.2) is 5.43 Å². The number of hydrazine groups is 1. The summed E-state index contributed by atoms with van der Waals surface area (Å²) in [7, 11) is 1.90. The number of nitrogens with one attached hydrogen (secondary N) is 1. The lowest BCUT2D eigenvalue weighted by atomic mass is 9.99. The van der Waals surface area contributed by atoms with Crippen LogP contribution in [0.3, 0.4) is 0 Å². The van der Waals surface area contributed by atoms with E-state index in [1.165, 1.54) is 5.56 Å². The van der Waals surface area contributed by atoms with Crippen LogP contribution in [0.1, 0.15) is 22.7 Å². The average Bonchev–Trinajstić information content (AvgIpc) is 2.99. The highest BCUT2D eigenvalue weighted by atomic mass is 16.5. The Morgan fingerprint density at radius 3 is 3.06 bits per heavy atom. The SMILES string of the molecule is Cn1cc(C(NN)c2ccc3c(c2)CCO3)cn1. The van der Waals surface area contributed by atoms with Crippen molar-refractivity contribution in [3.05, 3.63) is 47.3 Å². The first-order valence-electron chi connectivity index (χ1n) is 5.98. The Bertz CT molecular complexity index is 564. The second-order valence-electron chi connectivity index (χ2n) is 4.51. The summed E-state index contributed by atoms with van der Waals surface area (Å²) in [5.41, 5.74) is 6.28. The molecule has 2 aromatic rings. The van der Waals surface area contributed by atoms with Crippen LogP contribution < -0.4 is 16.0 Å². The van der Waals surface area contributed by atoms with Gasteiger partial charge in [0.05, 0.1) is 18.8 Å². The molecule has 0 spiro atoms. The number of nitrogens with zero attached hydrogens (tertiary/aromatic N) is 2. The third-order valence-corrected chi connectivity index (χ3v) is 3.27. The minimum absolute atomic E-state index is 0.0374. The first-order chi connectivity index (χ1) is 8.78. The van der Waals surface area contributed by atoms with Crippen LogP contribution in [0.5, 0.6) is 5.75 Å². The van der Waals surface area contributed by atoms with Crippen molar-refractivity contribution in [3.63, 3.8) is 0 Å². The standard InChI is InChI=1S/C13H16N4O/c1-17-8-11(7-15-17)13(16-14)10-2-3-12-9(6-10)4-5-18-12/h2-3,6-8,13,16H,4-5,14H2,1H3. The summed E-state index contributed by atoms with van der Waals surface area (Å²) < 4.78 is 7.28. The molecule has 0 radical (unpaired) electrons. The molecule has 1 atom stereocenters. The number of hydrogen-bond acceptors (Lipinski definition) is 4. The first-order valence-corrected chi connectivity index (χ1v) is 5.98. The van der Waals surface area contributed by atoms with E-state index in [1.807, 2.05) is 31.6 Å².